The van der Waals surface area contributed by atoms with Crippen molar-refractivity contribution < 1.29 is 14.9 Å². The first-order chi connectivity index (χ1) is 6.70. The van der Waals surface area contributed by atoms with E-state index in [9.17, 15) is 10.2 Å². The number of alkyl halides is 1. The molecule has 0 aliphatic rings. The molecule has 14 heavy (non-hydrogen) atoms. The van der Waals surface area contributed by atoms with Crippen molar-refractivity contribution in [2.45, 2.75) is 12.2 Å². The average molecular weight is 217 g/mol. The van der Waals surface area contributed by atoms with Crippen LogP contribution in [0.2, 0.25) is 0 Å². The van der Waals surface area contributed by atoms with E-state index in [1.807, 2.05) is 0 Å². The quantitative estimate of drug-likeness (QED) is 0.747. The Bertz CT molecular complexity index is 290. The number of para-hydroxylation sites is 1. The first-order valence-corrected chi connectivity index (χ1v) is 4.79. The molecule has 0 radical (unpaired) electrons. The molecule has 1 aromatic carbocycles. The van der Waals surface area contributed by atoms with E-state index in [0.29, 0.717) is 11.3 Å². The molecule has 4 heteroatoms. The van der Waals surface area contributed by atoms with Crippen molar-refractivity contribution in [1.29, 1.82) is 0 Å². The van der Waals surface area contributed by atoms with Gasteiger partial charge in [-0.25, -0.2) is 0 Å². The molecule has 0 amide bonds. The minimum absolute atomic E-state index is 0.0147. The molecule has 2 atom stereocenters. The van der Waals surface area contributed by atoms with Crippen molar-refractivity contribution >= 4 is 11.6 Å². The van der Waals surface area contributed by atoms with Gasteiger partial charge in [-0.05, 0) is 6.07 Å². The fourth-order valence-corrected chi connectivity index (χ4v) is 1.37. The van der Waals surface area contributed by atoms with Crippen molar-refractivity contribution in [3.05, 3.63) is 29.8 Å². The molecule has 1 rings (SSSR count). The van der Waals surface area contributed by atoms with Gasteiger partial charge >= 0.3 is 0 Å². The lowest BCUT2D eigenvalue weighted by atomic mass is 10.0. The Morgan fingerprint density at radius 3 is 2.57 bits per heavy atom. The van der Waals surface area contributed by atoms with Crippen LogP contribution in [0.3, 0.4) is 0 Å². The zero-order valence-electron chi connectivity index (χ0n) is 7.85. The van der Waals surface area contributed by atoms with Crippen molar-refractivity contribution in [3.8, 4) is 5.75 Å². The first kappa shape index (κ1) is 11.3. The Labute approximate surface area is 87.9 Å². The van der Waals surface area contributed by atoms with Crippen molar-refractivity contribution in [2.24, 2.45) is 0 Å². The summed E-state index contributed by atoms with van der Waals surface area (Å²) in [6.45, 7) is 0. The summed E-state index contributed by atoms with van der Waals surface area (Å²) in [7, 11) is 1.51. The Morgan fingerprint density at radius 2 is 2.00 bits per heavy atom. The second-order valence-corrected chi connectivity index (χ2v) is 3.22. The molecular weight excluding hydrogens is 204 g/mol. The Balaban J connectivity index is 2.93. The lowest BCUT2D eigenvalue weighted by Crippen LogP contribution is -2.20. The van der Waals surface area contributed by atoms with Gasteiger partial charge in [0.15, 0.2) is 0 Å². The maximum Gasteiger partial charge on any atom is 0.124 e. The van der Waals surface area contributed by atoms with E-state index in [1.165, 1.54) is 7.11 Å². The van der Waals surface area contributed by atoms with Crippen molar-refractivity contribution in [3.63, 3.8) is 0 Å². The number of ether oxygens (including phenoxy) is 1. The van der Waals surface area contributed by atoms with Crippen LogP contribution >= 0.6 is 11.6 Å². The van der Waals surface area contributed by atoms with Crippen LogP contribution in [0, 0.1) is 0 Å². The van der Waals surface area contributed by atoms with Gasteiger partial charge in [-0.1, -0.05) is 18.2 Å². The van der Waals surface area contributed by atoms with Crippen molar-refractivity contribution in [2.75, 3.05) is 13.0 Å². The molecule has 0 fully saturated rings. The fourth-order valence-electron chi connectivity index (χ4n) is 1.20. The van der Waals surface area contributed by atoms with Gasteiger partial charge < -0.3 is 14.9 Å². The summed E-state index contributed by atoms with van der Waals surface area (Å²) < 4.78 is 5.05. The third-order valence-corrected chi connectivity index (χ3v) is 2.30. The third-order valence-electron chi connectivity index (χ3n) is 1.98. The lowest BCUT2D eigenvalue weighted by Gasteiger charge is -2.18. The summed E-state index contributed by atoms with van der Waals surface area (Å²) in [5.41, 5.74) is 0.545. The fraction of sp³-hybridized carbons (Fsp3) is 0.400. The van der Waals surface area contributed by atoms with Crippen LogP contribution in [0.5, 0.6) is 5.75 Å². The summed E-state index contributed by atoms with van der Waals surface area (Å²) in [5.74, 6) is 0.531. The molecular formula is C10H13ClO3. The predicted molar refractivity (Wildman–Crippen MR) is 54.7 cm³/mol. The number of hydrogen-bond acceptors (Lipinski definition) is 3. The Morgan fingerprint density at radius 1 is 1.36 bits per heavy atom. The number of benzene rings is 1. The average Bonchev–Trinajstić information content (AvgIpc) is 2.26. The molecule has 2 N–H and O–H groups in total. The highest BCUT2D eigenvalue weighted by molar-refractivity contribution is 6.18. The molecule has 0 aliphatic carbocycles. The highest BCUT2D eigenvalue weighted by Gasteiger charge is 2.20. The number of methoxy groups -OCH3 is 1. The van der Waals surface area contributed by atoms with Crippen LogP contribution < -0.4 is 4.74 Å². The van der Waals surface area contributed by atoms with E-state index in [0.717, 1.165) is 0 Å². The van der Waals surface area contributed by atoms with Gasteiger partial charge in [0.2, 0.25) is 0 Å². The summed E-state index contributed by atoms with van der Waals surface area (Å²) >= 11 is 5.44. The van der Waals surface area contributed by atoms with E-state index in [4.69, 9.17) is 16.3 Å². The van der Waals surface area contributed by atoms with Gasteiger partial charge in [-0.2, -0.15) is 0 Å². The van der Waals surface area contributed by atoms with Gasteiger partial charge in [-0.3, -0.25) is 0 Å². The van der Waals surface area contributed by atoms with Crippen LogP contribution in [-0.4, -0.2) is 29.3 Å². The monoisotopic (exact) mass is 216 g/mol. The van der Waals surface area contributed by atoms with Gasteiger partial charge in [0, 0.05) is 5.56 Å². The number of rotatable bonds is 4. The third kappa shape index (κ3) is 2.38. The molecule has 0 spiro atoms. The Kier molecular flexibility index (Phi) is 4.20. The van der Waals surface area contributed by atoms with E-state index in [1.54, 1.807) is 24.3 Å². The minimum Gasteiger partial charge on any atom is -0.496 e. The molecule has 3 nitrogen and oxygen atoms in total. The second kappa shape index (κ2) is 5.20. The summed E-state index contributed by atoms with van der Waals surface area (Å²) in [4.78, 5) is 0. The van der Waals surface area contributed by atoms with Crippen LogP contribution in [0.25, 0.3) is 0 Å². The molecule has 2 unspecified atom stereocenters. The minimum atomic E-state index is -1.01. The van der Waals surface area contributed by atoms with E-state index in [-0.39, 0.29) is 5.88 Å². The SMILES string of the molecule is COc1ccccc1C(O)C(O)CCl. The smallest absolute Gasteiger partial charge is 0.124 e. The normalized spacial score (nSPS) is 14.9. The molecule has 0 aliphatic heterocycles. The largest absolute Gasteiger partial charge is 0.496 e. The van der Waals surface area contributed by atoms with Gasteiger partial charge in [0.1, 0.15) is 11.9 Å². The summed E-state index contributed by atoms with van der Waals surface area (Å²) in [6, 6.07) is 6.98. The number of aliphatic hydroxyl groups excluding tert-OH is 2. The van der Waals surface area contributed by atoms with E-state index in [2.05, 4.69) is 0 Å². The van der Waals surface area contributed by atoms with E-state index >= 15 is 0 Å². The topological polar surface area (TPSA) is 49.7 Å². The van der Waals surface area contributed by atoms with Gasteiger partial charge in [-0.15, -0.1) is 11.6 Å². The Hall–Kier alpha value is -0.770. The highest BCUT2D eigenvalue weighted by Crippen LogP contribution is 2.27. The van der Waals surface area contributed by atoms with Crippen LogP contribution in [0.15, 0.2) is 24.3 Å². The standard InChI is InChI=1S/C10H13ClO3/c1-14-9-5-3-2-4-7(9)10(13)8(12)6-11/h2-5,8,10,12-13H,6H2,1H3. The van der Waals surface area contributed by atoms with Gasteiger partial charge in [0.05, 0.1) is 19.1 Å². The molecule has 1 aromatic rings. The van der Waals surface area contributed by atoms with Crippen molar-refractivity contribution in [1.82, 2.24) is 0 Å². The molecule has 0 aromatic heterocycles. The molecule has 0 heterocycles. The van der Waals surface area contributed by atoms with E-state index < -0.39 is 12.2 Å². The molecule has 0 saturated heterocycles. The number of aliphatic hydroxyl groups is 2. The highest BCUT2D eigenvalue weighted by atomic mass is 35.5. The first-order valence-electron chi connectivity index (χ1n) is 4.25. The number of hydrogen-bond donors (Lipinski definition) is 2. The number of halogens is 1. The predicted octanol–water partition coefficient (Wildman–Crippen LogP) is 1.33. The van der Waals surface area contributed by atoms with Crippen LogP contribution in [0.1, 0.15) is 11.7 Å². The molecule has 78 valence electrons. The molecule has 0 saturated carbocycles. The maximum atomic E-state index is 9.69. The maximum absolute atomic E-state index is 9.69. The van der Waals surface area contributed by atoms with Crippen LogP contribution in [0.4, 0.5) is 0 Å². The zero-order valence-corrected chi connectivity index (χ0v) is 8.61. The molecule has 0 bridgehead atoms. The lowest BCUT2D eigenvalue weighted by molar-refractivity contribution is 0.0312. The summed E-state index contributed by atoms with van der Waals surface area (Å²) in [6.07, 6.45) is -1.99. The zero-order chi connectivity index (χ0) is 10.6. The summed E-state index contributed by atoms with van der Waals surface area (Å²) in [5, 5.41) is 19.0. The second-order valence-electron chi connectivity index (χ2n) is 2.91. The van der Waals surface area contributed by atoms with Crippen LogP contribution in [-0.2, 0) is 0 Å². The van der Waals surface area contributed by atoms with Gasteiger partial charge in [0.25, 0.3) is 0 Å².